The summed E-state index contributed by atoms with van der Waals surface area (Å²) in [5.74, 6) is -1.24. The minimum absolute atomic E-state index is 0.0134. The Morgan fingerprint density at radius 2 is 1.73 bits per heavy atom. The molecule has 0 aliphatic carbocycles. The third kappa shape index (κ3) is 3.41. The van der Waals surface area contributed by atoms with Crippen LogP contribution in [0.5, 0.6) is 5.75 Å². The van der Waals surface area contributed by atoms with E-state index < -0.39 is 17.9 Å². The number of Topliss-reactive ketones (excluding diaryl/α,β-unsaturated/α-hetero) is 1. The molecule has 0 bridgehead atoms. The molecule has 0 heterocycles. The van der Waals surface area contributed by atoms with Crippen molar-refractivity contribution in [1.29, 1.82) is 0 Å². The lowest BCUT2D eigenvalue weighted by atomic mass is 10.1. The van der Waals surface area contributed by atoms with Gasteiger partial charge in [0.1, 0.15) is 5.75 Å². The topological polar surface area (TPSA) is 43.4 Å². The van der Waals surface area contributed by atoms with Crippen LogP contribution < -0.4 is 4.74 Å². The van der Waals surface area contributed by atoms with Crippen molar-refractivity contribution < 1.29 is 27.5 Å². The van der Waals surface area contributed by atoms with Gasteiger partial charge in [-0.3, -0.25) is 9.59 Å². The van der Waals surface area contributed by atoms with Crippen LogP contribution in [0, 0.1) is 0 Å². The average Bonchev–Trinajstić information content (AvgIpc) is 2.15. The summed E-state index contributed by atoms with van der Waals surface area (Å²) in [5.41, 5.74) is 0.0134. The van der Waals surface area contributed by atoms with E-state index in [-0.39, 0.29) is 11.8 Å². The maximum absolute atomic E-state index is 11.7. The Balaban J connectivity index is 2.81. The Hall–Kier alpha value is -1.85. The first kappa shape index (κ1) is 11.2. The van der Waals surface area contributed by atoms with E-state index in [1.54, 1.807) is 0 Å². The molecule has 0 saturated carbocycles. The number of ketones is 1. The Kier molecular flexibility index (Phi) is 3.08. The highest BCUT2D eigenvalue weighted by Gasteiger charge is 2.30. The zero-order chi connectivity index (χ0) is 11.5. The number of alkyl halides is 3. The smallest absolute Gasteiger partial charge is 0.406 e. The summed E-state index contributed by atoms with van der Waals surface area (Å²) < 4.78 is 38.7. The lowest BCUT2D eigenvalue weighted by molar-refractivity contribution is -0.274. The minimum atomic E-state index is -4.77. The summed E-state index contributed by atoms with van der Waals surface area (Å²) in [6.07, 6.45) is -4.68. The molecule has 0 saturated heterocycles. The van der Waals surface area contributed by atoms with Gasteiger partial charge in [0.25, 0.3) is 0 Å². The molecule has 0 aliphatic rings. The number of carbonyl (C=O) groups excluding carboxylic acids is 2. The normalized spacial score (nSPS) is 10.9. The van der Waals surface area contributed by atoms with Gasteiger partial charge in [-0.15, -0.1) is 13.2 Å². The largest absolute Gasteiger partial charge is 0.573 e. The van der Waals surface area contributed by atoms with Gasteiger partial charge in [0.15, 0.2) is 6.29 Å². The van der Waals surface area contributed by atoms with Crippen molar-refractivity contribution in [3.05, 3.63) is 29.8 Å². The molecule has 0 aliphatic heterocycles. The van der Waals surface area contributed by atoms with Crippen LogP contribution in [-0.4, -0.2) is 18.4 Å². The molecule has 6 heteroatoms. The highest BCUT2D eigenvalue weighted by Crippen LogP contribution is 2.22. The fourth-order valence-corrected chi connectivity index (χ4v) is 0.889. The third-order valence-electron chi connectivity index (χ3n) is 1.48. The Morgan fingerprint density at radius 1 is 1.20 bits per heavy atom. The van der Waals surface area contributed by atoms with Crippen LogP contribution in [0.2, 0.25) is 0 Å². The van der Waals surface area contributed by atoms with Crippen molar-refractivity contribution in [2.24, 2.45) is 0 Å². The minimum Gasteiger partial charge on any atom is -0.406 e. The van der Waals surface area contributed by atoms with Crippen LogP contribution in [-0.2, 0) is 4.79 Å². The van der Waals surface area contributed by atoms with Gasteiger partial charge in [-0.2, -0.15) is 0 Å². The highest BCUT2D eigenvalue weighted by molar-refractivity contribution is 6.33. The number of ether oxygens (including phenoxy) is 1. The summed E-state index contributed by atoms with van der Waals surface area (Å²) in [5, 5.41) is 0. The SMILES string of the molecule is O=CC(=O)c1ccc(OC(F)(F)F)cc1. The lowest BCUT2D eigenvalue weighted by Gasteiger charge is -2.08. The van der Waals surface area contributed by atoms with Crippen molar-refractivity contribution in [2.45, 2.75) is 6.36 Å². The third-order valence-corrected chi connectivity index (χ3v) is 1.48. The molecule has 0 unspecified atom stereocenters. The molecule has 80 valence electrons. The molecular formula is C9H5F3O3. The molecule has 0 amide bonds. The molecule has 1 aromatic rings. The number of hydrogen-bond acceptors (Lipinski definition) is 3. The van der Waals surface area contributed by atoms with Gasteiger partial charge in [0.05, 0.1) is 0 Å². The van der Waals surface area contributed by atoms with Crippen LogP contribution in [0.1, 0.15) is 10.4 Å². The molecule has 1 rings (SSSR count). The molecule has 0 radical (unpaired) electrons. The maximum Gasteiger partial charge on any atom is 0.573 e. The molecule has 0 spiro atoms. The number of benzene rings is 1. The van der Waals surface area contributed by atoms with Gasteiger partial charge in [-0.1, -0.05) is 0 Å². The summed E-state index contributed by atoms with van der Waals surface area (Å²) in [6.45, 7) is 0. The van der Waals surface area contributed by atoms with Crippen molar-refractivity contribution >= 4 is 12.1 Å². The van der Waals surface area contributed by atoms with E-state index in [1.165, 1.54) is 0 Å². The zero-order valence-electron chi connectivity index (χ0n) is 7.25. The number of carbonyl (C=O) groups is 2. The fraction of sp³-hybridized carbons (Fsp3) is 0.111. The van der Waals surface area contributed by atoms with Gasteiger partial charge in [-0.25, -0.2) is 0 Å². The summed E-state index contributed by atoms with van der Waals surface area (Å²) in [7, 11) is 0. The molecule has 0 fully saturated rings. The first-order valence-electron chi connectivity index (χ1n) is 3.78. The van der Waals surface area contributed by atoms with Crippen LogP contribution in [0.3, 0.4) is 0 Å². The van der Waals surface area contributed by atoms with Gasteiger partial charge in [0, 0.05) is 5.56 Å². The molecule has 1 aromatic carbocycles. The zero-order valence-corrected chi connectivity index (χ0v) is 7.25. The first-order valence-corrected chi connectivity index (χ1v) is 3.78. The predicted molar refractivity (Wildman–Crippen MR) is 43.5 cm³/mol. The molecule has 0 N–H and O–H groups in total. The monoisotopic (exact) mass is 218 g/mol. The number of aldehydes is 1. The quantitative estimate of drug-likeness (QED) is 0.442. The van der Waals surface area contributed by atoms with Gasteiger partial charge < -0.3 is 4.74 Å². The summed E-state index contributed by atoms with van der Waals surface area (Å²) >= 11 is 0. The van der Waals surface area contributed by atoms with Crippen molar-refractivity contribution in [1.82, 2.24) is 0 Å². The van der Waals surface area contributed by atoms with Crippen LogP contribution >= 0.6 is 0 Å². The van der Waals surface area contributed by atoms with E-state index in [2.05, 4.69) is 4.74 Å². The lowest BCUT2D eigenvalue weighted by Crippen LogP contribution is -2.17. The van der Waals surface area contributed by atoms with Gasteiger partial charge in [-0.05, 0) is 24.3 Å². The predicted octanol–water partition coefficient (Wildman–Crippen LogP) is 1.97. The molecule has 15 heavy (non-hydrogen) atoms. The summed E-state index contributed by atoms with van der Waals surface area (Å²) in [4.78, 5) is 20.8. The van der Waals surface area contributed by atoms with E-state index in [4.69, 9.17) is 0 Å². The summed E-state index contributed by atoms with van der Waals surface area (Å²) in [6, 6.07) is 4.09. The number of rotatable bonds is 3. The Bertz CT molecular complexity index is 367. The van der Waals surface area contributed by atoms with E-state index in [9.17, 15) is 22.8 Å². The van der Waals surface area contributed by atoms with Crippen molar-refractivity contribution in [2.75, 3.05) is 0 Å². The van der Waals surface area contributed by atoms with Crippen molar-refractivity contribution in [3.8, 4) is 5.75 Å². The van der Waals surface area contributed by atoms with Gasteiger partial charge >= 0.3 is 6.36 Å². The van der Waals surface area contributed by atoms with Gasteiger partial charge in [0.2, 0.25) is 5.78 Å². The molecule has 0 aromatic heterocycles. The molecular weight excluding hydrogens is 213 g/mol. The molecule has 0 atom stereocenters. The molecule has 3 nitrogen and oxygen atoms in total. The van der Waals surface area contributed by atoms with Crippen LogP contribution in [0.4, 0.5) is 13.2 Å². The van der Waals surface area contributed by atoms with E-state index in [0.717, 1.165) is 24.3 Å². The van der Waals surface area contributed by atoms with E-state index >= 15 is 0 Å². The Labute approximate surface area is 82.5 Å². The van der Waals surface area contributed by atoms with E-state index in [0.29, 0.717) is 0 Å². The van der Waals surface area contributed by atoms with Crippen LogP contribution in [0.15, 0.2) is 24.3 Å². The maximum atomic E-state index is 11.7. The van der Waals surface area contributed by atoms with Crippen molar-refractivity contribution in [3.63, 3.8) is 0 Å². The first-order chi connectivity index (χ1) is 6.92. The highest BCUT2D eigenvalue weighted by atomic mass is 19.4. The standard InChI is InChI=1S/C9H5F3O3/c10-9(11,12)15-7-3-1-6(2-4-7)8(14)5-13/h1-5H. The second-order valence-corrected chi connectivity index (χ2v) is 2.55. The van der Waals surface area contributed by atoms with Crippen LogP contribution in [0.25, 0.3) is 0 Å². The number of halogens is 3. The Morgan fingerprint density at radius 3 is 2.13 bits per heavy atom. The second-order valence-electron chi connectivity index (χ2n) is 2.55. The van der Waals surface area contributed by atoms with E-state index in [1.807, 2.05) is 0 Å². The number of hydrogen-bond donors (Lipinski definition) is 0. The fourth-order valence-electron chi connectivity index (χ4n) is 0.889. The second kappa shape index (κ2) is 4.12. The average molecular weight is 218 g/mol.